The minimum atomic E-state index is -4.56. The van der Waals surface area contributed by atoms with Gasteiger partial charge in [-0.05, 0) is 25.3 Å². The van der Waals surface area contributed by atoms with Gasteiger partial charge in [-0.1, -0.05) is 38.1 Å². The molecule has 1 aromatic heterocycles. The number of hydrogen-bond donors (Lipinski definition) is 1. The van der Waals surface area contributed by atoms with Crippen molar-refractivity contribution in [1.82, 2.24) is 9.78 Å². The monoisotopic (exact) mass is 336 g/mol. The zero-order valence-electron chi connectivity index (χ0n) is 13.9. The normalized spacial score (nSPS) is 12.5. The summed E-state index contributed by atoms with van der Waals surface area (Å²) in [5.74, 6) is 0.0315. The zero-order valence-corrected chi connectivity index (χ0v) is 13.9. The molecule has 24 heavy (non-hydrogen) atoms. The number of hydrogen-bond acceptors (Lipinski definition) is 3. The Morgan fingerprint density at radius 2 is 1.71 bits per heavy atom. The quantitative estimate of drug-likeness (QED) is 0.902. The molecule has 0 bridgehead atoms. The molecule has 0 radical (unpaired) electrons. The highest BCUT2D eigenvalue weighted by Crippen LogP contribution is 2.39. The van der Waals surface area contributed by atoms with Gasteiger partial charge in [0.05, 0.1) is 0 Å². The van der Waals surface area contributed by atoms with E-state index in [1.165, 1.54) is 0 Å². The van der Waals surface area contributed by atoms with Gasteiger partial charge in [0.1, 0.15) is 23.1 Å². The molecule has 1 aromatic carbocycles. The van der Waals surface area contributed by atoms with E-state index in [4.69, 9.17) is 5.73 Å². The van der Waals surface area contributed by atoms with Gasteiger partial charge < -0.3 is 5.73 Å². The van der Waals surface area contributed by atoms with Gasteiger partial charge in [-0.2, -0.15) is 23.5 Å². The van der Waals surface area contributed by atoms with Gasteiger partial charge in [-0.3, -0.25) is 0 Å². The summed E-state index contributed by atoms with van der Waals surface area (Å²) < 4.78 is 40.5. The first-order valence-corrected chi connectivity index (χ1v) is 7.46. The molecular formula is C17H19F3N4. The second kappa shape index (κ2) is 5.86. The van der Waals surface area contributed by atoms with E-state index in [2.05, 4.69) is 5.10 Å². The van der Waals surface area contributed by atoms with E-state index in [1.807, 2.05) is 32.0 Å². The number of nitrogens with two attached hydrogens (primary N) is 1. The molecular weight excluding hydrogens is 317 g/mol. The van der Waals surface area contributed by atoms with Crippen LogP contribution < -0.4 is 5.73 Å². The third kappa shape index (κ3) is 2.84. The first-order chi connectivity index (χ1) is 11.0. The minimum absolute atomic E-state index is 0.0513. The highest BCUT2D eigenvalue weighted by molar-refractivity contribution is 5.73. The lowest BCUT2D eigenvalue weighted by Crippen LogP contribution is -2.43. The molecule has 0 spiro atoms. The van der Waals surface area contributed by atoms with Crippen LogP contribution in [0.15, 0.2) is 24.3 Å². The Balaban J connectivity index is 2.61. The number of anilines is 1. The van der Waals surface area contributed by atoms with E-state index in [0.29, 0.717) is 16.2 Å². The summed E-state index contributed by atoms with van der Waals surface area (Å²) in [7, 11) is 0. The Labute approximate surface area is 138 Å². The predicted molar refractivity (Wildman–Crippen MR) is 86.3 cm³/mol. The first-order valence-electron chi connectivity index (χ1n) is 7.46. The third-order valence-corrected chi connectivity index (χ3v) is 4.11. The number of halogens is 3. The summed E-state index contributed by atoms with van der Waals surface area (Å²) in [6.45, 7) is 6.02. The number of nitrogens with zero attached hydrogens (tertiary/aromatic N) is 3. The van der Waals surface area contributed by atoms with Crippen molar-refractivity contribution in [3.63, 3.8) is 0 Å². The molecule has 128 valence electrons. The van der Waals surface area contributed by atoms with Crippen LogP contribution in [-0.2, 0) is 5.54 Å². The fourth-order valence-corrected chi connectivity index (χ4v) is 2.32. The SMILES string of the molecule is CC(C)c1ccc(-c2nn(C(C)(C)C(F)(F)F)c(N)c2C#N)cc1. The molecule has 2 aromatic rings. The van der Waals surface area contributed by atoms with Crippen molar-refractivity contribution in [1.29, 1.82) is 5.26 Å². The maximum Gasteiger partial charge on any atom is 0.413 e. The molecule has 0 aliphatic carbocycles. The molecule has 0 amide bonds. The summed E-state index contributed by atoms with van der Waals surface area (Å²) in [5, 5.41) is 13.3. The maximum atomic E-state index is 13.3. The van der Waals surface area contributed by atoms with E-state index >= 15 is 0 Å². The van der Waals surface area contributed by atoms with Crippen LogP contribution in [0, 0.1) is 11.3 Å². The molecule has 0 unspecified atom stereocenters. The summed E-state index contributed by atoms with van der Waals surface area (Å²) in [6, 6.07) is 9.08. The van der Waals surface area contributed by atoms with E-state index in [1.54, 1.807) is 12.1 Å². The van der Waals surface area contributed by atoms with Gasteiger partial charge in [0.15, 0.2) is 5.54 Å². The van der Waals surface area contributed by atoms with Crippen molar-refractivity contribution in [2.75, 3.05) is 5.73 Å². The Morgan fingerprint density at radius 3 is 2.12 bits per heavy atom. The lowest BCUT2D eigenvalue weighted by atomic mass is 10.00. The van der Waals surface area contributed by atoms with Gasteiger partial charge in [0, 0.05) is 5.56 Å². The van der Waals surface area contributed by atoms with Crippen molar-refractivity contribution in [3.8, 4) is 17.3 Å². The van der Waals surface area contributed by atoms with Gasteiger partial charge in [0.25, 0.3) is 0 Å². The number of nitriles is 1. The van der Waals surface area contributed by atoms with Gasteiger partial charge in [-0.25, -0.2) is 4.68 Å². The van der Waals surface area contributed by atoms with E-state index in [-0.39, 0.29) is 17.1 Å². The van der Waals surface area contributed by atoms with Gasteiger partial charge in [-0.15, -0.1) is 0 Å². The fourth-order valence-electron chi connectivity index (χ4n) is 2.32. The molecule has 2 rings (SSSR count). The Kier molecular flexibility index (Phi) is 4.36. The maximum absolute atomic E-state index is 13.3. The van der Waals surface area contributed by atoms with Crippen LogP contribution in [0.1, 0.15) is 44.7 Å². The van der Waals surface area contributed by atoms with E-state index < -0.39 is 11.7 Å². The second-order valence-corrected chi connectivity index (χ2v) is 6.47. The standard InChI is InChI=1S/C17H19F3N4/c1-10(2)11-5-7-12(8-6-11)14-13(9-21)15(22)24(23-14)16(3,4)17(18,19)20/h5-8,10H,22H2,1-4H3. The molecule has 0 fully saturated rings. The van der Waals surface area contributed by atoms with Crippen LogP contribution in [0.5, 0.6) is 0 Å². The van der Waals surface area contributed by atoms with E-state index in [0.717, 1.165) is 19.4 Å². The molecule has 0 aliphatic rings. The third-order valence-electron chi connectivity index (χ3n) is 4.11. The second-order valence-electron chi connectivity index (χ2n) is 6.47. The van der Waals surface area contributed by atoms with Crippen LogP contribution in [0.4, 0.5) is 19.0 Å². The van der Waals surface area contributed by atoms with E-state index in [9.17, 15) is 18.4 Å². The number of aromatic nitrogens is 2. The van der Waals surface area contributed by atoms with Crippen LogP contribution in [-0.4, -0.2) is 16.0 Å². The fraction of sp³-hybridized carbons (Fsp3) is 0.412. The van der Waals surface area contributed by atoms with Gasteiger partial charge in [0.2, 0.25) is 0 Å². The summed E-state index contributed by atoms with van der Waals surface area (Å²) >= 11 is 0. The lowest BCUT2D eigenvalue weighted by Gasteiger charge is -2.28. The molecule has 1 heterocycles. The highest BCUT2D eigenvalue weighted by atomic mass is 19.4. The molecule has 2 N–H and O–H groups in total. The minimum Gasteiger partial charge on any atom is -0.383 e. The summed E-state index contributed by atoms with van der Waals surface area (Å²) in [5.41, 5.74) is 5.21. The number of nitrogen functional groups attached to an aromatic ring is 1. The summed E-state index contributed by atoms with van der Waals surface area (Å²) in [4.78, 5) is 0. The Hall–Kier alpha value is -2.49. The molecule has 4 nitrogen and oxygen atoms in total. The smallest absolute Gasteiger partial charge is 0.383 e. The Bertz CT molecular complexity index is 778. The molecule has 7 heteroatoms. The van der Waals surface area contributed by atoms with Crippen molar-refractivity contribution >= 4 is 5.82 Å². The topological polar surface area (TPSA) is 67.6 Å². The lowest BCUT2D eigenvalue weighted by molar-refractivity contribution is -0.205. The van der Waals surface area contributed by atoms with Crippen molar-refractivity contribution in [2.24, 2.45) is 0 Å². The van der Waals surface area contributed by atoms with Crippen molar-refractivity contribution in [3.05, 3.63) is 35.4 Å². The molecule has 0 saturated carbocycles. The molecule has 0 aliphatic heterocycles. The predicted octanol–water partition coefficient (Wildman–Crippen LogP) is 4.42. The van der Waals surface area contributed by atoms with Crippen LogP contribution in [0.3, 0.4) is 0 Å². The largest absolute Gasteiger partial charge is 0.413 e. The van der Waals surface area contributed by atoms with Crippen LogP contribution in [0.2, 0.25) is 0 Å². The van der Waals surface area contributed by atoms with Crippen molar-refractivity contribution in [2.45, 2.75) is 45.3 Å². The summed E-state index contributed by atoms with van der Waals surface area (Å²) in [6.07, 6.45) is -4.56. The van der Waals surface area contributed by atoms with Crippen molar-refractivity contribution < 1.29 is 13.2 Å². The number of alkyl halides is 3. The van der Waals surface area contributed by atoms with Gasteiger partial charge >= 0.3 is 6.18 Å². The molecule has 0 atom stereocenters. The Morgan fingerprint density at radius 1 is 1.17 bits per heavy atom. The van der Waals surface area contributed by atoms with Crippen LogP contribution in [0.25, 0.3) is 11.3 Å². The van der Waals surface area contributed by atoms with Crippen LogP contribution >= 0.6 is 0 Å². The number of rotatable bonds is 3. The molecule has 0 saturated heterocycles. The number of benzene rings is 1. The zero-order chi connectivity index (χ0) is 18.3. The highest BCUT2D eigenvalue weighted by Gasteiger charge is 2.51. The first kappa shape index (κ1) is 17.9. The average Bonchev–Trinajstić information content (AvgIpc) is 2.83. The average molecular weight is 336 g/mol.